The van der Waals surface area contributed by atoms with E-state index in [-0.39, 0.29) is 11.5 Å². The van der Waals surface area contributed by atoms with E-state index in [1.165, 1.54) is 5.56 Å². The lowest BCUT2D eigenvalue weighted by Crippen LogP contribution is -2.39. The van der Waals surface area contributed by atoms with Crippen LogP contribution in [-0.2, 0) is 5.41 Å². The molecule has 3 heteroatoms. The van der Waals surface area contributed by atoms with Gasteiger partial charge in [-0.2, -0.15) is 0 Å². The summed E-state index contributed by atoms with van der Waals surface area (Å²) in [6.07, 6.45) is 0.282. The number of halogens is 1. The van der Waals surface area contributed by atoms with Crippen molar-refractivity contribution >= 4 is 15.9 Å². The number of nitrogens with two attached hydrogens (primary N) is 1. The minimum absolute atomic E-state index is 0.00528. The van der Waals surface area contributed by atoms with Gasteiger partial charge in [0.25, 0.3) is 0 Å². The first kappa shape index (κ1) is 11.1. The summed E-state index contributed by atoms with van der Waals surface area (Å²) in [6, 6.07) is 5.89. The summed E-state index contributed by atoms with van der Waals surface area (Å²) in [4.78, 5) is 0. The van der Waals surface area contributed by atoms with Gasteiger partial charge in [0.05, 0.1) is 12.1 Å². The quantitative estimate of drug-likeness (QED) is 0.760. The zero-order valence-corrected chi connectivity index (χ0v) is 10.6. The van der Waals surface area contributed by atoms with Crippen LogP contribution < -0.4 is 5.73 Å². The molecule has 1 aromatic rings. The maximum Gasteiger partial charge on any atom is 0.0741 e. The van der Waals surface area contributed by atoms with E-state index in [4.69, 9.17) is 5.73 Å². The molecular weight excluding hydrogens is 254 g/mol. The molecule has 0 saturated carbocycles. The van der Waals surface area contributed by atoms with Crippen molar-refractivity contribution in [3.63, 3.8) is 0 Å². The van der Waals surface area contributed by atoms with Crippen molar-refractivity contribution < 1.29 is 5.11 Å². The average Bonchev–Trinajstić information content (AvgIpc) is 2.13. The Morgan fingerprint density at radius 2 is 2.13 bits per heavy atom. The Bertz CT molecular complexity index is 389. The Morgan fingerprint density at radius 3 is 2.80 bits per heavy atom. The van der Waals surface area contributed by atoms with Crippen LogP contribution in [0.25, 0.3) is 0 Å². The summed E-state index contributed by atoms with van der Waals surface area (Å²) in [5.41, 5.74) is 8.33. The smallest absolute Gasteiger partial charge is 0.0741 e. The van der Waals surface area contributed by atoms with Crippen LogP contribution in [0.2, 0.25) is 0 Å². The van der Waals surface area contributed by atoms with Crippen molar-refractivity contribution in [1.82, 2.24) is 0 Å². The Morgan fingerprint density at radius 1 is 1.47 bits per heavy atom. The molecule has 2 nitrogen and oxygen atoms in total. The van der Waals surface area contributed by atoms with Gasteiger partial charge in [0.15, 0.2) is 0 Å². The third-order valence-electron chi connectivity index (χ3n) is 3.24. The molecule has 3 N–H and O–H groups in total. The van der Waals surface area contributed by atoms with Gasteiger partial charge >= 0.3 is 0 Å². The minimum atomic E-state index is -0.443. The molecule has 0 aromatic heterocycles. The molecule has 0 radical (unpaired) electrons. The minimum Gasteiger partial charge on any atom is -0.391 e. The lowest BCUT2D eigenvalue weighted by Gasteiger charge is -2.39. The second-order valence-electron chi connectivity index (χ2n) is 4.91. The summed E-state index contributed by atoms with van der Waals surface area (Å²) in [5, 5.41) is 9.91. The third-order valence-corrected chi connectivity index (χ3v) is 3.73. The number of fused-ring (bicyclic) bond motifs is 1. The monoisotopic (exact) mass is 269 g/mol. The van der Waals surface area contributed by atoms with Crippen molar-refractivity contribution in [2.24, 2.45) is 5.73 Å². The first-order valence-electron chi connectivity index (χ1n) is 5.15. The first-order chi connectivity index (χ1) is 6.92. The van der Waals surface area contributed by atoms with Crippen LogP contribution in [0.1, 0.15) is 37.4 Å². The number of rotatable bonds is 0. The second-order valence-corrected chi connectivity index (χ2v) is 5.83. The molecular formula is C12H16BrNO. The molecule has 0 spiro atoms. The van der Waals surface area contributed by atoms with Gasteiger partial charge in [-0.15, -0.1) is 0 Å². The van der Waals surface area contributed by atoms with Crippen LogP contribution in [0.5, 0.6) is 0 Å². The molecule has 15 heavy (non-hydrogen) atoms. The van der Waals surface area contributed by atoms with Gasteiger partial charge in [-0.05, 0) is 35.1 Å². The normalized spacial score (nSPS) is 28.6. The first-order valence-corrected chi connectivity index (χ1v) is 5.95. The van der Waals surface area contributed by atoms with Gasteiger partial charge in [-0.25, -0.2) is 0 Å². The lowest BCUT2D eigenvalue weighted by atomic mass is 9.70. The summed E-state index contributed by atoms with van der Waals surface area (Å²) in [6.45, 7) is 4.30. The fraction of sp³-hybridized carbons (Fsp3) is 0.500. The Balaban J connectivity index is 2.59. The number of benzene rings is 1. The summed E-state index contributed by atoms with van der Waals surface area (Å²) in [7, 11) is 0. The van der Waals surface area contributed by atoms with Crippen LogP contribution in [0.4, 0.5) is 0 Å². The maximum atomic E-state index is 9.91. The number of hydrogen-bond acceptors (Lipinski definition) is 2. The molecule has 82 valence electrons. The van der Waals surface area contributed by atoms with Gasteiger partial charge in [-0.1, -0.05) is 35.8 Å². The number of aliphatic hydroxyl groups excluding tert-OH is 1. The van der Waals surface area contributed by atoms with Crippen LogP contribution >= 0.6 is 15.9 Å². The van der Waals surface area contributed by atoms with Crippen molar-refractivity contribution in [2.45, 2.75) is 37.8 Å². The predicted octanol–water partition coefficient (Wildman–Crippen LogP) is 2.49. The summed E-state index contributed by atoms with van der Waals surface area (Å²) < 4.78 is 1.02. The van der Waals surface area contributed by atoms with Gasteiger partial charge < -0.3 is 10.8 Å². The van der Waals surface area contributed by atoms with Crippen molar-refractivity contribution in [1.29, 1.82) is 0 Å². The SMILES string of the molecule is CC1(C)CC(O)C(N)c2cc(Br)ccc21. The third kappa shape index (κ3) is 1.84. The van der Waals surface area contributed by atoms with Crippen LogP contribution in [0.15, 0.2) is 22.7 Å². The molecule has 0 heterocycles. The Kier molecular flexibility index (Phi) is 2.65. The van der Waals surface area contributed by atoms with E-state index in [9.17, 15) is 5.11 Å². The summed E-state index contributed by atoms with van der Waals surface area (Å²) >= 11 is 3.44. The Labute approximate surface area is 98.6 Å². The molecule has 1 aliphatic rings. The maximum absolute atomic E-state index is 9.91. The molecule has 0 fully saturated rings. The van der Waals surface area contributed by atoms with Crippen LogP contribution in [0.3, 0.4) is 0 Å². The van der Waals surface area contributed by atoms with Gasteiger partial charge in [-0.3, -0.25) is 0 Å². The summed E-state index contributed by atoms with van der Waals surface area (Å²) in [5.74, 6) is 0. The molecule has 2 unspecified atom stereocenters. The van der Waals surface area contributed by atoms with E-state index in [0.717, 1.165) is 16.5 Å². The highest BCUT2D eigenvalue weighted by atomic mass is 79.9. The fourth-order valence-corrected chi connectivity index (χ4v) is 2.77. The van der Waals surface area contributed by atoms with E-state index < -0.39 is 6.10 Å². The lowest BCUT2D eigenvalue weighted by molar-refractivity contribution is 0.0994. The van der Waals surface area contributed by atoms with Gasteiger partial charge in [0.1, 0.15) is 0 Å². The second kappa shape index (κ2) is 3.58. The largest absolute Gasteiger partial charge is 0.391 e. The standard InChI is InChI=1S/C12H16BrNO/c1-12(2)6-10(15)11(14)8-5-7(13)3-4-9(8)12/h3-5,10-11,15H,6,14H2,1-2H3. The highest BCUT2D eigenvalue weighted by molar-refractivity contribution is 9.10. The predicted molar refractivity (Wildman–Crippen MR) is 64.7 cm³/mol. The van der Waals surface area contributed by atoms with Crippen LogP contribution in [0, 0.1) is 0 Å². The molecule has 0 amide bonds. The number of aliphatic hydroxyl groups is 1. The highest BCUT2D eigenvalue weighted by Crippen LogP contribution is 2.41. The van der Waals surface area contributed by atoms with Crippen molar-refractivity contribution in [3.8, 4) is 0 Å². The van der Waals surface area contributed by atoms with Crippen LogP contribution in [-0.4, -0.2) is 11.2 Å². The fourth-order valence-electron chi connectivity index (χ4n) is 2.39. The molecule has 1 aromatic carbocycles. The topological polar surface area (TPSA) is 46.2 Å². The average molecular weight is 270 g/mol. The molecule has 0 aliphatic heterocycles. The van der Waals surface area contributed by atoms with Gasteiger partial charge in [0.2, 0.25) is 0 Å². The molecule has 1 aliphatic carbocycles. The molecule has 2 atom stereocenters. The van der Waals surface area contributed by atoms with Crippen molar-refractivity contribution in [3.05, 3.63) is 33.8 Å². The van der Waals surface area contributed by atoms with Crippen molar-refractivity contribution in [2.75, 3.05) is 0 Å². The molecule has 0 bridgehead atoms. The van der Waals surface area contributed by atoms with E-state index >= 15 is 0 Å². The molecule has 2 rings (SSSR count). The zero-order valence-electron chi connectivity index (χ0n) is 9.00. The zero-order chi connectivity index (χ0) is 11.2. The Hall–Kier alpha value is -0.380. The number of hydrogen-bond donors (Lipinski definition) is 2. The van der Waals surface area contributed by atoms with E-state index in [0.29, 0.717) is 0 Å². The highest BCUT2D eigenvalue weighted by Gasteiger charge is 2.36. The van der Waals surface area contributed by atoms with E-state index in [1.807, 2.05) is 12.1 Å². The van der Waals surface area contributed by atoms with E-state index in [1.54, 1.807) is 0 Å². The molecule has 0 saturated heterocycles. The van der Waals surface area contributed by atoms with Gasteiger partial charge in [0, 0.05) is 4.47 Å². The van der Waals surface area contributed by atoms with E-state index in [2.05, 4.69) is 35.8 Å².